The summed E-state index contributed by atoms with van der Waals surface area (Å²) in [6.07, 6.45) is 1.11. The van der Waals surface area contributed by atoms with Crippen LogP contribution < -0.4 is 37.1 Å². The zero-order valence-electron chi connectivity index (χ0n) is 27.2. The van der Waals surface area contributed by atoms with Crippen molar-refractivity contribution < 1.29 is 38.0 Å². The minimum Gasteiger partial charge on any atom is -0.493 e. The molecule has 0 aliphatic carbocycles. The Balaban J connectivity index is 1.72. The summed E-state index contributed by atoms with van der Waals surface area (Å²) in [5.74, 6) is -3.67. The molecule has 1 aromatic carbocycles. The summed E-state index contributed by atoms with van der Waals surface area (Å²) < 4.78 is 10.9. The number of primary amides is 1. The first-order valence-electron chi connectivity index (χ1n) is 15.8. The van der Waals surface area contributed by atoms with Crippen molar-refractivity contribution in [2.45, 2.75) is 83.8 Å². The Hall–Kier alpha value is -4.95. The molecule has 47 heavy (non-hydrogen) atoms. The third-order valence-electron chi connectivity index (χ3n) is 7.47. The minimum atomic E-state index is -1.37. The van der Waals surface area contributed by atoms with Gasteiger partial charge in [-0.3, -0.25) is 28.8 Å². The highest BCUT2D eigenvalue weighted by Gasteiger charge is 2.32. The first kappa shape index (κ1) is 36.5. The van der Waals surface area contributed by atoms with Crippen molar-refractivity contribution in [2.75, 3.05) is 19.7 Å². The quantitative estimate of drug-likeness (QED) is 0.200. The maximum Gasteiger partial charge on any atom is 0.289 e. The Morgan fingerprint density at radius 2 is 1.72 bits per heavy atom. The van der Waals surface area contributed by atoms with Crippen LogP contribution in [0, 0.1) is 5.92 Å². The fraction of sp³-hybridized carbons (Fsp3) is 0.531. The molecule has 3 atom stereocenters. The molecule has 2 heterocycles. The van der Waals surface area contributed by atoms with Crippen LogP contribution in [0.5, 0.6) is 5.75 Å². The number of nitrogens with one attached hydrogen (secondary N) is 5. The van der Waals surface area contributed by atoms with Crippen LogP contribution in [0.1, 0.15) is 92.3 Å². The van der Waals surface area contributed by atoms with Gasteiger partial charge in [0, 0.05) is 19.2 Å². The predicted octanol–water partition coefficient (Wildman–Crippen LogP) is 0.896. The molecule has 0 unspecified atom stereocenters. The molecule has 0 saturated carbocycles. The number of carbonyl (C=O) groups is 6. The summed E-state index contributed by atoms with van der Waals surface area (Å²) in [7, 11) is 0. The van der Waals surface area contributed by atoms with Crippen molar-refractivity contribution >= 4 is 35.4 Å². The second-order valence-electron chi connectivity index (χ2n) is 12.0. The summed E-state index contributed by atoms with van der Waals surface area (Å²) >= 11 is 0. The van der Waals surface area contributed by atoms with Crippen molar-refractivity contribution in [1.82, 2.24) is 31.7 Å². The normalized spacial score (nSPS) is 19.8. The highest BCUT2D eigenvalue weighted by atomic mass is 16.5. The van der Waals surface area contributed by atoms with Gasteiger partial charge in [0.15, 0.2) is 0 Å². The number of carbonyl (C=O) groups excluding carboxylic acids is 6. The Labute approximate surface area is 273 Å². The van der Waals surface area contributed by atoms with Gasteiger partial charge >= 0.3 is 0 Å². The molecule has 3 rings (SSSR count). The smallest absolute Gasteiger partial charge is 0.289 e. The second-order valence-corrected chi connectivity index (χ2v) is 12.0. The number of hydrogen-bond acceptors (Lipinski definition) is 9. The standard InChI is InChI=1S/C32H45N7O8/c1-18(2)22-16-25(47-39-22)31(44)35-13-8-7-11-21-29(42)34-14-9-15-46-24-12-6-5-10-20(24)28(41)37-23(17-26(33)40)30(43)38-27(19(3)4)32(45)36-21/h5-6,10,12,16,18-19,21,23,27H,7-9,11,13-15,17H2,1-4H3,(H2,33,40)(H,34,42)(H,35,44)(H,36,45)(H,37,41)(H,38,43)/t21-,23-,27+/m0/s1. The Bertz CT molecular complexity index is 1420. The number of para-hydroxylation sites is 1. The number of unbranched alkanes of at least 4 members (excludes halogenated alkanes) is 1. The van der Waals surface area contributed by atoms with Gasteiger partial charge in [0.25, 0.3) is 11.8 Å². The highest BCUT2D eigenvalue weighted by molar-refractivity contribution is 6.01. The molecule has 2 aromatic rings. The molecule has 0 saturated heterocycles. The molecule has 0 spiro atoms. The van der Waals surface area contributed by atoms with E-state index in [0.717, 1.165) is 0 Å². The van der Waals surface area contributed by atoms with Crippen LogP contribution in [0.2, 0.25) is 0 Å². The number of ether oxygens (including phenoxy) is 1. The molecule has 6 amide bonds. The van der Waals surface area contributed by atoms with Gasteiger partial charge in [0.2, 0.25) is 29.4 Å². The fourth-order valence-corrected chi connectivity index (χ4v) is 4.77. The van der Waals surface area contributed by atoms with E-state index in [1.54, 1.807) is 38.1 Å². The van der Waals surface area contributed by atoms with E-state index in [9.17, 15) is 28.8 Å². The van der Waals surface area contributed by atoms with Crippen LogP contribution in [-0.2, 0) is 19.2 Å². The summed E-state index contributed by atoms with van der Waals surface area (Å²) in [5.41, 5.74) is 6.19. The zero-order chi connectivity index (χ0) is 34.5. The lowest BCUT2D eigenvalue weighted by molar-refractivity contribution is -0.134. The van der Waals surface area contributed by atoms with E-state index in [1.165, 1.54) is 6.07 Å². The van der Waals surface area contributed by atoms with E-state index in [2.05, 4.69) is 31.7 Å². The van der Waals surface area contributed by atoms with E-state index in [0.29, 0.717) is 31.5 Å². The monoisotopic (exact) mass is 655 g/mol. The van der Waals surface area contributed by atoms with Gasteiger partial charge in [-0.25, -0.2) is 0 Å². The Morgan fingerprint density at radius 1 is 0.979 bits per heavy atom. The van der Waals surface area contributed by atoms with Gasteiger partial charge in [-0.05, 0) is 49.7 Å². The van der Waals surface area contributed by atoms with E-state index < -0.39 is 65.9 Å². The maximum atomic E-state index is 13.5. The van der Waals surface area contributed by atoms with Crippen LogP contribution in [0.3, 0.4) is 0 Å². The third kappa shape index (κ3) is 11.1. The van der Waals surface area contributed by atoms with E-state index in [4.69, 9.17) is 15.0 Å². The largest absolute Gasteiger partial charge is 0.493 e. The van der Waals surface area contributed by atoms with Crippen LogP contribution >= 0.6 is 0 Å². The van der Waals surface area contributed by atoms with Gasteiger partial charge in [0.05, 0.1) is 24.3 Å². The van der Waals surface area contributed by atoms with Crippen molar-refractivity contribution in [1.29, 1.82) is 0 Å². The number of aromatic nitrogens is 1. The lowest BCUT2D eigenvalue weighted by Crippen LogP contribution is -2.58. The van der Waals surface area contributed by atoms with E-state index in [-0.39, 0.29) is 42.6 Å². The number of hydrogen-bond donors (Lipinski definition) is 6. The highest BCUT2D eigenvalue weighted by Crippen LogP contribution is 2.19. The van der Waals surface area contributed by atoms with Gasteiger partial charge in [-0.2, -0.15) is 0 Å². The average molecular weight is 656 g/mol. The number of nitrogens with zero attached hydrogens (tertiary/aromatic N) is 1. The molecule has 15 heteroatoms. The van der Waals surface area contributed by atoms with Crippen molar-refractivity contribution in [3.63, 3.8) is 0 Å². The Morgan fingerprint density at radius 3 is 2.40 bits per heavy atom. The number of amides is 6. The number of rotatable bonds is 10. The van der Waals surface area contributed by atoms with Crippen molar-refractivity contribution in [3.05, 3.63) is 47.3 Å². The fourth-order valence-electron chi connectivity index (χ4n) is 4.77. The first-order chi connectivity index (χ1) is 22.4. The first-order valence-corrected chi connectivity index (χ1v) is 15.8. The average Bonchev–Trinajstić information content (AvgIpc) is 3.52. The summed E-state index contributed by atoms with van der Waals surface area (Å²) in [4.78, 5) is 77.4. The number of fused-ring (bicyclic) bond motifs is 1. The van der Waals surface area contributed by atoms with Crippen LogP contribution in [0.15, 0.2) is 34.9 Å². The minimum absolute atomic E-state index is 0.112. The lowest BCUT2D eigenvalue weighted by atomic mass is 10.0. The van der Waals surface area contributed by atoms with E-state index in [1.807, 2.05) is 13.8 Å². The SMILES string of the molecule is CC(C)c1cc(C(=O)NCCCC[C@@H]2NC(=O)[C@@H](C(C)C)NC(=O)[C@H](CC(N)=O)NC(=O)c3ccccc3OCCCNC2=O)on1. The molecule has 15 nitrogen and oxygen atoms in total. The summed E-state index contributed by atoms with van der Waals surface area (Å²) in [6, 6.07) is 4.58. The van der Waals surface area contributed by atoms with Crippen LogP contribution in [0.4, 0.5) is 0 Å². The Kier molecular flexibility index (Phi) is 13.7. The molecule has 0 fully saturated rings. The van der Waals surface area contributed by atoms with Crippen molar-refractivity contribution in [3.8, 4) is 5.75 Å². The molecule has 7 N–H and O–H groups in total. The molecule has 256 valence electrons. The molecule has 1 aromatic heterocycles. The summed E-state index contributed by atoms with van der Waals surface area (Å²) in [6.45, 7) is 7.98. The van der Waals surface area contributed by atoms with E-state index >= 15 is 0 Å². The summed E-state index contributed by atoms with van der Waals surface area (Å²) in [5, 5.41) is 17.4. The molecule has 0 radical (unpaired) electrons. The molecule has 1 aliphatic heterocycles. The van der Waals surface area contributed by atoms with Gasteiger partial charge in [-0.1, -0.05) is 45.0 Å². The van der Waals surface area contributed by atoms with Gasteiger partial charge in [-0.15, -0.1) is 0 Å². The zero-order valence-corrected chi connectivity index (χ0v) is 27.2. The van der Waals surface area contributed by atoms with Gasteiger partial charge in [0.1, 0.15) is 23.9 Å². The maximum absolute atomic E-state index is 13.5. The molecule has 1 aliphatic rings. The van der Waals surface area contributed by atoms with Crippen LogP contribution in [0.25, 0.3) is 0 Å². The predicted molar refractivity (Wildman–Crippen MR) is 170 cm³/mol. The second kappa shape index (κ2) is 17.7. The number of nitrogens with two attached hydrogens (primary N) is 1. The number of benzene rings is 1. The molecular formula is C32H45N7O8. The van der Waals surface area contributed by atoms with Crippen molar-refractivity contribution in [2.24, 2.45) is 11.7 Å². The van der Waals surface area contributed by atoms with Crippen LogP contribution in [-0.4, -0.2) is 78.4 Å². The third-order valence-corrected chi connectivity index (χ3v) is 7.47. The topological polar surface area (TPSA) is 224 Å². The molecule has 0 bridgehead atoms. The molecular weight excluding hydrogens is 610 g/mol. The lowest BCUT2D eigenvalue weighted by Gasteiger charge is -2.27. The van der Waals surface area contributed by atoms with Gasteiger partial charge < -0.3 is 41.6 Å².